The summed E-state index contributed by atoms with van der Waals surface area (Å²) in [7, 11) is 0. The summed E-state index contributed by atoms with van der Waals surface area (Å²) in [5.41, 5.74) is 0.672. The highest BCUT2D eigenvalue weighted by Crippen LogP contribution is 2.47. The van der Waals surface area contributed by atoms with Crippen molar-refractivity contribution in [3.05, 3.63) is 33.8 Å². The number of carbonyl (C=O) groups is 1. The van der Waals surface area contributed by atoms with Crippen LogP contribution >= 0.6 is 23.2 Å². The van der Waals surface area contributed by atoms with Gasteiger partial charge in [-0.3, -0.25) is 4.79 Å². The number of halogens is 2. The molecule has 2 atom stereocenters. The number of rotatable bonds is 2. The highest BCUT2D eigenvalue weighted by molar-refractivity contribution is 6.42. The Hall–Kier alpha value is -0.530. The summed E-state index contributed by atoms with van der Waals surface area (Å²) >= 11 is 11.7. The van der Waals surface area contributed by atoms with E-state index in [9.17, 15) is 4.79 Å². The van der Waals surface area contributed by atoms with Gasteiger partial charge in [-0.05, 0) is 30.0 Å². The maximum absolute atomic E-state index is 12.0. The molecule has 1 aromatic carbocycles. The van der Waals surface area contributed by atoms with Gasteiger partial charge < -0.3 is 0 Å². The molecule has 3 heteroatoms. The molecule has 0 N–H and O–H groups in total. The van der Waals surface area contributed by atoms with Crippen LogP contribution in [-0.4, -0.2) is 5.78 Å². The summed E-state index contributed by atoms with van der Waals surface area (Å²) in [5.74, 6) is 1.34. The molecule has 1 fully saturated rings. The lowest BCUT2D eigenvalue weighted by Gasteiger charge is -2.01. The molecule has 0 bridgehead atoms. The summed E-state index contributed by atoms with van der Waals surface area (Å²) in [6.07, 6.45) is 0. The van der Waals surface area contributed by atoms with Crippen LogP contribution in [0.3, 0.4) is 0 Å². The van der Waals surface area contributed by atoms with Gasteiger partial charge in [-0.1, -0.05) is 37.0 Å². The van der Waals surface area contributed by atoms with E-state index in [0.717, 1.165) is 0 Å². The van der Waals surface area contributed by atoms with Gasteiger partial charge in [-0.2, -0.15) is 0 Å². The van der Waals surface area contributed by atoms with Crippen LogP contribution in [0, 0.1) is 17.8 Å². The zero-order valence-electron chi connectivity index (χ0n) is 8.63. The predicted molar refractivity (Wildman–Crippen MR) is 62.6 cm³/mol. The molecule has 0 amide bonds. The average Bonchev–Trinajstić information content (AvgIpc) is 2.78. The van der Waals surface area contributed by atoms with E-state index in [1.165, 1.54) is 0 Å². The van der Waals surface area contributed by atoms with Gasteiger partial charge >= 0.3 is 0 Å². The first-order valence-electron chi connectivity index (χ1n) is 5.01. The maximum atomic E-state index is 12.0. The second-order valence-corrected chi connectivity index (χ2v) is 5.05. The molecule has 0 aliphatic heterocycles. The Kier molecular flexibility index (Phi) is 2.78. The van der Waals surface area contributed by atoms with Gasteiger partial charge in [0, 0.05) is 11.5 Å². The fourth-order valence-electron chi connectivity index (χ4n) is 1.98. The molecular formula is C12H12Cl2O. The van der Waals surface area contributed by atoms with Crippen LogP contribution in [0.1, 0.15) is 24.2 Å². The molecular weight excluding hydrogens is 231 g/mol. The van der Waals surface area contributed by atoms with Gasteiger partial charge in [0.2, 0.25) is 0 Å². The van der Waals surface area contributed by atoms with Crippen molar-refractivity contribution in [2.24, 2.45) is 17.8 Å². The third kappa shape index (κ3) is 1.91. The van der Waals surface area contributed by atoms with Crippen molar-refractivity contribution >= 4 is 29.0 Å². The predicted octanol–water partition coefficient (Wildman–Crippen LogP) is 4.08. The number of hydrogen-bond acceptors (Lipinski definition) is 1. The third-order valence-corrected chi connectivity index (χ3v) is 4.07. The summed E-state index contributed by atoms with van der Waals surface area (Å²) < 4.78 is 0. The average molecular weight is 243 g/mol. The highest BCUT2D eigenvalue weighted by Gasteiger charge is 2.48. The van der Waals surface area contributed by atoms with Gasteiger partial charge in [0.05, 0.1) is 10.0 Å². The number of benzene rings is 1. The van der Waals surface area contributed by atoms with E-state index in [2.05, 4.69) is 13.8 Å². The largest absolute Gasteiger partial charge is 0.294 e. The Labute approximate surface area is 99.4 Å². The molecule has 0 aromatic heterocycles. The first-order valence-corrected chi connectivity index (χ1v) is 5.77. The summed E-state index contributed by atoms with van der Waals surface area (Å²) in [6, 6.07) is 5.08. The van der Waals surface area contributed by atoms with Gasteiger partial charge in [0.25, 0.3) is 0 Å². The van der Waals surface area contributed by atoms with Gasteiger partial charge in [0.1, 0.15) is 0 Å². The van der Waals surface area contributed by atoms with Crippen molar-refractivity contribution in [3.8, 4) is 0 Å². The Morgan fingerprint density at radius 2 is 1.73 bits per heavy atom. The van der Waals surface area contributed by atoms with Crippen LogP contribution in [0.2, 0.25) is 10.0 Å². The molecule has 0 heterocycles. The van der Waals surface area contributed by atoms with E-state index in [1.54, 1.807) is 18.2 Å². The molecule has 1 nitrogen and oxygen atoms in total. The highest BCUT2D eigenvalue weighted by atomic mass is 35.5. The van der Waals surface area contributed by atoms with Crippen LogP contribution in [0.15, 0.2) is 18.2 Å². The van der Waals surface area contributed by atoms with E-state index in [1.807, 2.05) is 0 Å². The van der Waals surface area contributed by atoms with Crippen molar-refractivity contribution in [2.45, 2.75) is 13.8 Å². The maximum Gasteiger partial charge on any atom is 0.166 e. The molecule has 0 radical (unpaired) electrons. The topological polar surface area (TPSA) is 17.1 Å². The number of Topliss-reactive ketones (excluding diaryl/α,β-unsaturated/α-hetero) is 1. The summed E-state index contributed by atoms with van der Waals surface area (Å²) in [4.78, 5) is 12.0. The summed E-state index contributed by atoms with van der Waals surface area (Å²) in [6.45, 7) is 4.20. The molecule has 0 saturated heterocycles. The van der Waals surface area contributed by atoms with Crippen LogP contribution in [0.4, 0.5) is 0 Å². The fourth-order valence-corrected chi connectivity index (χ4v) is 2.28. The quantitative estimate of drug-likeness (QED) is 0.715. The van der Waals surface area contributed by atoms with Crippen molar-refractivity contribution < 1.29 is 4.79 Å². The second kappa shape index (κ2) is 3.80. The molecule has 2 rings (SSSR count). The van der Waals surface area contributed by atoms with E-state index in [0.29, 0.717) is 27.4 Å². The Balaban J connectivity index is 2.24. The van der Waals surface area contributed by atoms with Crippen molar-refractivity contribution in [1.29, 1.82) is 0 Å². The SMILES string of the molecule is CC1C(C)C1C(=O)c1ccc(Cl)c(Cl)c1. The molecule has 80 valence electrons. The minimum absolute atomic E-state index is 0.169. The third-order valence-electron chi connectivity index (χ3n) is 3.33. The normalized spacial score (nSPS) is 28.9. The van der Waals surface area contributed by atoms with E-state index < -0.39 is 0 Å². The smallest absolute Gasteiger partial charge is 0.166 e. The number of carbonyl (C=O) groups excluding carboxylic acids is 1. The minimum atomic E-state index is 0.169. The lowest BCUT2D eigenvalue weighted by atomic mass is 10.1. The zero-order chi connectivity index (χ0) is 11.2. The number of hydrogen-bond donors (Lipinski definition) is 0. The van der Waals surface area contributed by atoms with Gasteiger partial charge in [-0.15, -0.1) is 0 Å². The fraction of sp³-hybridized carbons (Fsp3) is 0.417. The molecule has 1 aromatic rings. The molecule has 1 aliphatic carbocycles. The lowest BCUT2D eigenvalue weighted by Crippen LogP contribution is -2.03. The monoisotopic (exact) mass is 242 g/mol. The second-order valence-electron chi connectivity index (χ2n) is 4.24. The van der Waals surface area contributed by atoms with E-state index in [4.69, 9.17) is 23.2 Å². The zero-order valence-corrected chi connectivity index (χ0v) is 10.1. The van der Waals surface area contributed by atoms with Crippen molar-refractivity contribution in [1.82, 2.24) is 0 Å². The lowest BCUT2D eigenvalue weighted by molar-refractivity contribution is 0.0958. The molecule has 0 spiro atoms. The van der Waals surface area contributed by atoms with Crippen LogP contribution in [0.5, 0.6) is 0 Å². The molecule has 15 heavy (non-hydrogen) atoms. The minimum Gasteiger partial charge on any atom is -0.294 e. The van der Waals surface area contributed by atoms with Gasteiger partial charge in [0.15, 0.2) is 5.78 Å². The van der Waals surface area contributed by atoms with E-state index in [-0.39, 0.29) is 11.7 Å². The molecule has 1 saturated carbocycles. The summed E-state index contributed by atoms with van der Waals surface area (Å²) in [5, 5.41) is 0.939. The Morgan fingerprint density at radius 3 is 2.20 bits per heavy atom. The van der Waals surface area contributed by atoms with Gasteiger partial charge in [-0.25, -0.2) is 0 Å². The first-order chi connectivity index (χ1) is 7.02. The Bertz CT molecular complexity index is 406. The van der Waals surface area contributed by atoms with Crippen molar-refractivity contribution in [2.75, 3.05) is 0 Å². The van der Waals surface area contributed by atoms with Crippen molar-refractivity contribution in [3.63, 3.8) is 0 Å². The van der Waals surface area contributed by atoms with Crippen LogP contribution in [-0.2, 0) is 0 Å². The Morgan fingerprint density at radius 1 is 1.13 bits per heavy atom. The number of ketones is 1. The van der Waals surface area contributed by atoms with Crippen LogP contribution < -0.4 is 0 Å². The molecule has 1 aliphatic rings. The van der Waals surface area contributed by atoms with Crippen LogP contribution in [0.25, 0.3) is 0 Å². The standard InChI is InChI=1S/C12H12Cl2O/c1-6-7(2)11(6)12(15)8-3-4-9(13)10(14)5-8/h3-7,11H,1-2H3. The first kappa shape index (κ1) is 11.0. The molecule has 2 unspecified atom stereocenters. The van der Waals surface area contributed by atoms with E-state index >= 15 is 0 Å².